The van der Waals surface area contributed by atoms with E-state index < -0.39 is 89.9 Å². The molecule has 4 bridgehead atoms. The van der Waals surface area contributed by atoms with Crippen LogP contribution in [0.1, 0.15) is 71.4 Å². The molecule has 0 aromatic heterocycles. The highest BCUT2D eigenvalue weighted by atomic mass is 35.5. The Labute approximate surface area is 348 Å². The summed E-state index contributed by atoms with van der Waals surface area (Å²) in [5.74, 6) is -4.23. The Hall–Kier alpha value is -4.39. The minimum absolute atomic E-state index is 0.00535. The van der Waals surface area contributed by atoms with Crippen molar-refractivity contribution in [2.75, 3.05) is 45.0 Å². The third kappa shape index (κ3) is 11.3. The molecule has 5 rings (SSSR count). The Bertz CT molecular complexity index is 1840. The predicted molar refractivity (Wildman–Crippen MR) is 210 cm³/mol. The number of aliphatic hydroxyl groups is 1. The minimum atomic E-state index is -1.62. The number of epoxide rings is 1. The number of benzene rings is 1. The number of aryl methyl sites for hydroxylation is 1. The molecule has 4 amide bonds. The summed E-state index contributed by atoms with van der Waals surface area (Å²) in [4.78, 5) is 81.6. The van der Waals surface area contributed by atoms with Crippen LogP contribution in [-0.2, 0) is 63.7 Å². The number of halogens is 1. The summed E-state index contributed by atoms with van der Waals surface area (Å²) in [5, 5.41) is 15.1. The molecule has 1 unspecified atom stereocenters. The van der Waals surface area contributed by atoms with Crippen LogP contribution in [-0.4, -0.2) is 122 Å². The van der Waals surface area contributed by atoms with Crippen molar-refractivity contribution >= 4 is 53.0 Å². The van der Waals surface area contributed by atoms with Crippen molar-refractivity contribution in [1.82, 2.24) is 10.4 Å². The SMILES string of the molecule is C/C1=C\C=C\[C@@H](C)[C@@]2(O)CC(OC(=O)N2)[C@@H](C)[C@@H]2O[C@@]2(C)[C@@H](OC(=O)[C@H](C)OCCOCCOCC(=O)ON2C(=O)CCC2=O)CC(=O)N(C)c2cc(cc(C)c2Cl)C1. The molecule has 4 aliphatic heterocycles. The molecule has 1 aromatic carbocycles. The molecule has 4 aliphatic rings. The van der Waals surface area contributed by atoms with Crippen LogP contribution in [0, 0.1) is 18.8 Å². The molecule has 0 aliphatic carbocycles. The lowest BCUT2D eigenvalue weighted by Crippen LogP contribution is -2.60. The molecule has 3 saturated heterocycles. The van der Waals surface area contributed by atoms with Gasteiger partial charge in [0.15, 0.2) is 6.10 Å². The molecule has 1 aromatic rings. The van der Waals surface area contributed by atoms with Crippen molar-refractivity contribution < 1.29 is 67.1 Å². The summed E-state index contributed by atoms with van der Waals surface area (Å²) < 4.78 is 34.2. The van der Waals surface area contributed by atoms with Crippen LogP contribution in [0.15, 0.2) is 35.9 Å². The maximum atomic E-state index is 14.1. The molecule has 8 atom stereocenters. The van der Waals surface area contributed by atoms with Gasteiger partial charge in [0.25, 0.3) is 11.8 Å². The van der Waals surface area contributed by atoms with Gasteiger partial charge in [-0.1, -0.05) is 55.3 Å². The summed E-state index contributed by atoms with van der Waals surface area (Å²) in [5.41, 5.74) is 0.378. The highest BCUT2D eigenvalue weighted by molar-refractivity contribution is 6.34. The quantitative estimate of drug-likeness (QED) is 0.133. The van der Waals surface area contributed by atoms with Gasteiger partial charge in [0, 0.05) is 38.1 Å². The highest BCUT2D eigenvalue weighted by Crippen LogP contribution is 2.49. The zero-order valence-corrected chi connectivity index (χ0v) is 35.2. The Balaban J connectivity index is 1.24. The van der Waals surface area contributed by atoms with Gasteiger partial charge in [-0.05, 0) is 51.3 Å². The number of ether oxygens (including phenoxy) is 6. The van der Waals surface area contributed by atoms with E-state index in [0.717, 1.165) is 16.7 Å². The van der Waals surface area contributed by atoms with Crippen molar-refractivity contribution in [3.8, 4) is 0 Å². The van der Waals surface area contributed by atoms with E-state index >= 15 is 0 Å². The van der Waals surface area contributed by atoms with Crippen molar-refractivity contribution in [2.45, 2.75) is 109 Å². The summed E-state index contributed by atoms with van der Waals surface area (Å²) in [6.07, 6.45) is 1.49. The van der Waals surface area contributed by atoms with Crippen LogP contribution < -0.4 is 10.2 Å². The van der Waals surface area contributed by atoms with Crippen molar-refractivity contribution in [3.63, 3.8) is 0 Å². The number of nitrogens with zero attached hydrogens (tertiary/aromatic N) is 2. The number of carbonyl (C=O) groups excluding carboxylic acids is 6. The number of carbonyl (C=O) groups is 6. The van der Waals surface area contributed by atoms with Crippen molar-refractivity contribution in [3.05, 3.63) is 52.1 Å². The van der Waals surface area contributed by atoms with Crippen molar-refractivity contribution in [1.29, 1.82) is 0 Å². The molecule has 324 valence electrons. The first kappa shape index (κ1) is 45.7. The van der Waals surface area contributed by atoms with Gasteiger partial charge in [-0.2, -0.15) is 0 Å². The Morgan fingerprint density at radius 1 is 1.03 bits per heavy atom. The molecule has 18 heteroatoms. The van der Waals surface area contributed by atoms with Crippen LogP contribution in [0.25, 0.3) is 0 Å². The van der Waals surface area contributed by atoms with E-state index in [-0.39, 0.29) is 52.1 Å². The number of hydrogen-bond acceptors (Lipinski definition) is 14. The van der Waals surface area contributed by atoms with E-state index in [9.17, 15) is 33.9 Å². The minimum Gasteiger partial charge on any atom is -0.457 e. The van der Waals surface area contributed by atoms with Crippen LogP contribution in [0.2, 0.25) is 5.02 Å². The highest BCUT2D eigenvalue weighted by Gasteiger charge is 2.64. The van der Waals surface area contributed by atoms with Gasteiger partial charge in [-0.25, -0.2) is 14.4 Å². The number of allylic oxidation sites excluding steroid dienone is 3. The smallest absolute Gasteiger partial charge is 0.409 e. The predicted octanol–water partition coefficient (Wildman–Crippen LogP) is 3.63. The fourth-order valence-corrected chi connectivity index (χ4v) is 7.53. The first-order valence-corrected chi connectivity index (χ1v) is 20.0. The standard InChI is InChI=1S/C41H54ClN3O14/c1-23-9-8-10-25(3)41(52)21-30(56-39(51)43-41)26(4)37-40(6,58-37)31(20-34(48)44(7)29-19-28(17-23)18-24(2)36(29)42)57-38(50)27(5)55-16-15-53-13-14-54-22-35(49)59-45-32(46)11-12-33(45)47/h8-10,18-19,25-27,30-31,37,52H,11-17,20-22H2,1-7H3,(H,43,51)/b10-8+,23-9+/t25-,26-,27+,30?,31+,37+,40+,41+/m1/s1. The lowest BCUT2D eigenvalue weighted by molar-refractivity contribution is -0.200. The number of imide groups is 1. The van der Waals surface area contributed by atoms with E-state index in [0.29, 0.717) is 22.2 Å². The van der Waals surface area contributed by atoms with E-state index in [1.165, 1.54) is 11.8 Å². The average molecular weight is 848 g/mol. The van der Waals surface area contributed by atoms with Gasteiger partial charge >= 0.3 is 18.0 Å². The molecule has 4 heterocycles. The molecule has 0 spiro atoms. The van der Waals surface area contributed by atoms with Gasteiger partial charge in [0.05, 0.1) is 49.7 Å². The molecule has 17 nitrogen and oxygen atoms in total. The monoisotopic (exact) mass is 847 g/mol. The fraction of sp³-hybridized carbons (Fsp3) is 0.610. The number of alkyl carbamates (subject to hydrolysis) is 1. The summed E-state index contributed by atoms with van der Waals surface area (Å²) in [7, 11) is 1.60. The third-order valence-electron chi connectivity index (χ3n) is 11.1. The molecule has 59 heavy (non-hydrogen) atoms. The zero-order valence-electron chi connectivity index (χ0n) is 34.4. The topological polar surface area (TPSA) is 209 Å². The van der Waals surface area contributed by atoms with Gasteiger partial charge < -0.3 is 43.3 Å². The summed E-state index contributed by atoms with van der Waals surface area (Å²) in [6.45, 7) is 10.3. The van der Waals surface area contributed by atoms with Gasteiger partial charge in [0.2, 0.25) is 5.91 Å². The van der Waals surface area contributed by atoms with Gasteiger partial charge in [0.1, 0.15) is 30.1 Å². The van der Waals surface area contributed by atoms with Crippen molar-refractivity contribution in [2.24, 2.45) is 11.8 Å². The van der Waals surface area contributed by atoms with E-state index in [1.54, 1.807) is 20.9 Å². The Kier molecular flexibility index (Phi) is 15.0. The first-order valence-electron chi connectivity index (χ1n) is 19.7. The Morgan fingerprint density at radius 3 is 2.42 bits per heavy atom. The maximum Gasteiger partial charge on any atom is 0.409 e. The Morgan fingerprint density at radius 2 is 1.71 bits per heavy atom. The number of rotatable bonds is 12. The van der Waals surface area contributed by atoms with E-state index in [4.69, 9.17) is 44.9 Å². The fourth-order valence-electron chi connectivity index (χ4n) is 7.30. The molecule has 2 N–H and O–H groups in total. The van der Waals surface area contributed by atoms with Crippen LogP contribution >= 0.6 is 11.6 Å². The number of anilines is 1. The molecule has 0 saturated carbocycles. The summed E-state index contributed by atoms with van der Waals surface area (Å²) in [6, 6.07) is 3.81. The largest absolute Gasteiger partial charge is 0.457 e. The van der Waals surface area contributed by atoms with Crippen LogP contribution in [0.4, 0.5) is 10.5 Å². The molecular weight excluding hydrogens is 794 g/mol. The molecular formula is C41H54ClN3O14. The zero-order chi connectivity index (χ0) is 43.2. The number of fused-ring (bicyclic) bond motifs is 5. The summed E-state index contributed by atoms with van der Waals surface area (Å²) >= 11 is 6.76. The molecule has 3 fully saturated rings. The van der Waals surface area contributed by atoms with Gasteiger partial charge in [-0.3, -0.25) is 19.7 Å². The second-order valence-electron chi connectivity index (χ2n) is 15.7. The maximum absolute atomic E-state index is 14.1. The second-order valence-corrected chi connectivity index (χ2v) is 16.1. The second kappa shape index (κ2) is 19.3. The van der Waals surface area contributed by atoms with E-state index in [2.05, 4.69) is 5.32 Å². The third-order valence-corrected chi connectivity index (χ3v) is 11.6. The number of esters is 1. The van der Waals surface area contributed by atoms with Gasteiger partial charge in [-0.15, -0.1) is 5.06 Å². The average Bonchev–Trinajstić information content (AvgIpc) is 3.78. The number of hydroxylamine groups is 2. The normalized spacial score (nSPS) is 30.7. The van der Waals surface area contributed by atoms with E-state index in [1.807, 2.05) is 51.1 Å². The number of amides is 4. The van der Waals surface area contributed by atoms with Crippen LogP contribution in [0.3, 0.4) is 0 Å². The lowest BCUT2D eigenvalue weighted by atomic mass is 9.82. The first-order chi connectivity index (χ1) is 27.8. The number of hydrogen-bond donors (Lipinski definition) is 2. The van der Waals surface area contributed by atoms with Crippen LogP contribution in [0.5, 0.6) is 0 Å². The lowest BCUT2D eigenvalue weighted by Gasteiger charge is -2.41. The number of nitrogens with one attached hydrogen (secondary N) is 1. The molecule has 0 radical (unpaired) electrons.